The molecule has 3 aliphatic carbocycles. The van der Waals surface area contributed by atoms with Gasteiger partial charge in [-0.2, -0.15) is 5.26 Å². The first-order valence-corrected chi connectivity index (χ1v) is 8.31. The fourth-order valence-corrected chi connectivity index (χ4v) is 5.06. The van der Waals surface area contributed by atoms with Crippen LogP contribution in [0.4, 0.5) is 4.39 Å². The molecule has 0 radical (unpaired) electrons. The van der Waals surface area contributed by atoms with Crippen molar-refractivity contribution >= 4 is 0 Å². The van der Waals surface area contributed by atoms with Crippen LogP contribution in [0.25, 0.3) is 0 Å². The number of rotatable bonds is 1. The Hall–Kier alpha value is -0.580. The molecule has 19 heavy (non-hydrogen) atoms. The van der Waals surface area contributed by atoms with E-state index in [1.165, 1.54) is 44.9 Å². The molecule has 0 amide bonds. The lowest BCUT2D eigenvalue weighted by molar-refractivity contribution is 0.0571. The Kier molecular flexibility index (Phi) is 4.10. The first-order valence-electron chi connectivity index (χ1n) is 8.31. The Morgan fingerprint density at radius 3 is 2.05 bits per heavy atom. The monoisotopic (exact) mass is 263 g/mol. The number of nitriles is 1. The fourth-order valence-electron chi connectivity index (χ4n) is 5.06. The molecule has 3 rings (SSSR count). The van der Waals surface area contributed by atoms with E-state index in [9.17, 15) is 4.39 Å². The number of alkyl halides is 1. The summed E-state index contributed by atoms with van der Waals surface area (Å²) in [6.45, 7) is 0. The Labute approximate surface area is 116 Å². The molecule has 0 N–H and O–H groups in total. The average Bonchev–Trinajstić information content (AvgIpc) is 2.46. The van der Waals surface area contributed by atoms with E-state index in [0.29, 0.717) is 12.3 Å². The van der Waals surface area contributed by atoms with Gasteiger partial charge >= 0.3 is 0 Å². The maximum atomic E-state index is 14.0. The van der Waals surface area contributed by atoms with E-state index in [-0.39, 0.29) is 5.92 Å². The van der Waals surface area contributed by atoms with Gasteiger partial charge in [-0.25, -0.2) is 4.39 Å². The van der Waals surface area contributed by atoms with Crippen LogP contribution >= 0.6 is 0 Å². The maximum Gasteiger partial charge on any atom is 0.116 e. The van der Waals surface area contributed by atoms with Gasteiger partial charge in [-0.3, -0.25) is 0 Å². The summed E-state index contributed by atoms with van der Waals surface area (Å²) in [5.74, 6) is 2.95. The van der Waals surface area contributed by atoms with Gasteiger partial charge < -0.3 is 0 Å². The van der Waals surface area contributed by atoms with Gasteiger partial charge in [0.05, 0.1) is 12.0 Å². The highest BCUT2D eigenvalue weighted by atomic mass is 19.1. The van der Waals surface area contributed by atoms with Crippen molar-refractivity contribution < 1.29 is 4.39 Å². The molecule has 0 aliphatic heterocycles. The van der Waals surface area contributed by atoms with E-state index < -0.39 is 6.17 Å². The van der Waals surface area contributed by atoms with Crippen molar-refractivity contribution in [2.75, 3.05) is 0 Å². The van der Waals surface area contributed by atoms with Gasteiger partial charge in [-0.1, -0.05) is 25.7 Å². The van der Waals surface area contributed by atoms with Crippen molar-refractivity contribution in [2.24, 2.45) is 29.6 Å². The molecule has 3 saturated carbocycles. The Morgan fingerprint density at radius 1 is 0.737 bits per heavy atom. The molecule has 3 aliphatic rings. The quantitative estimate of drug-likeness (QED) is 0.662. The van der Waals surface area contributed by atoms with Gasteiger partial charge in [0.25, 0.3) is 0 Å². The zero-order valence-electron chi connectivity index (χ0n) is 11.9. The summed E-state index contributed by atoms with van der Waals surface area (Å²) in [6.07, 6.45) is 11.5. The van der Waals surface area contributed by atoms with Crippen LogP contribution in [0.1, 0.15) is 64.2 Å². The van der Waals surface area contributed by atoms with Crippen LogP contribution in [0, 0.1) is 40.9 Å². The Balaban J connectivity index is 1.57. The minimum Gasteiger partial charge on any atom is -0.246 e. The van der Waals surface area contributed by atoms with Crippen molar-refractivity contribution in [1.82, 2.24) is 0 Å². The zero-order valence-corrected chi connectivity index (χ0v) is 11.9. The molecule has 0 spiro atoms. The van der Waals surface area contributed by atoms with Gasteiger partial charge in [-0.05, 0) is 62.2 Å². The van der Waals surface area contributed by atoms with Crippen molar-refractivity contribution in [2.45, 2.75) is 70.4 Å². The lowest BCUT2D eigenvalue weighted by atomic mass is 9.62. The normalized spacial score (nSPS) is 47.2. The summed E-state index contributed by atoms with van der Waals surface area (Å²) in [6, 6.07) is 2.15. The summed E-state index contributed by atoms with van der Waals surface area (Å²) in [5, 5.41) is 8.92. The van der Waals surface area contributed by atoms with Gasteiger partial charge in [0.1, 0.15) is 6.17 Å². The van der Waals surface area contributed by atoms with Crippen molar-refractivity contribution in [3.63, 3.8) is 0 Å². The van der Waals surface area contributed by atoms with E-state index in [4.69, 9.17) is 5.26 Å². The highest BCUT2D eigenvalue weighted by Crippen LogP contribution is 2.48. The van der Waals surface area contributed by atoms with E-state index in [1.54, 1.807) is 0 Å². The van der Waals surface area contributed by atoms with Crippen LogP contribution in [0.5, 0.6) is 0 Å². The number of hydrogen-bond acceptors (Lipinski definition) is 1. The van der Waals surface area contributed by atoms with Gasteiger partial charge in [0.15, 0.2) is 0 Å². The van der Waals surface area contributed by atoms with Crippen LogP contribution < -0.4 is 0 Å². The average molecular weight is 263 g/mol. The molecule has 0 aromatic heterocycles. The minimum atomic E-state index is -0.854. The second kappa shape index (κ2) is 5.81. The lowest BCUT2D eigenvalue weighted by Gasteiger charge is -2.43. The largest absolute Gasteiger partial charge is 0.246 e. The second-order valence-electron chi connectivity index (χ2n) is 7.20. The summed E-state index contributed by atoms with van der Waals surface area (Å²) in [7, 11) is 0. The van der Waals surface area contributed by atoms with E-state index in [0.717, 1.165) is 30.6 Å². The third-order valence-electron chi connectivity index (χ3n) is 6.23. The summed E-state index contributed by atoms with van der Waals surface area (Å²) >= 11 is 0. The zero-order chi connectivity index (χ0) is 13.2. The number of nitrogens with zero attached hydrogens (tertiary/aromatic N) is 1. The van der Waals surface area contributed by atoms with Gasteiger partial charge in [0.2, 0.25) is 0 Å². The van der Waals surface area contributed by atoms with E-state index >= 15 is 0 Å². The fraction of sp³-hybridized carbons (Fsp3) is 0.941. The molecule has 6 unspecified atom stereocenters. The number of fused-ring (bicyclic) bond motifs is 1. The van der Waals surface area contributed by atoms with Crippen molar-refractivity contribution in [3.05, 3.63) is 0 Å². The molecule has 0 heterocycles. The molecule has 0 aromatic rings. The Bertz CT molecular complexity index is 348. The number of hydrogen-bond donors (Lipinski definition) is 0. The summed E-state index contributed by atoms with van der Waals surface area (Å²) < 4.78 is 14.0. The highest BCUT2D eigenvalue weighted by molar-refractivity contribution is 4.95. The van der Waals surface area contributed by atoms with Gasteiger partial charge in [-0.15, -0.1) is 0 Å². The van der Waals surface area contributed by atoms with E-state index in [1.807, 2.05) is 0 Å². The summed E-state index contributed by atoms with van der Waals surface area (Å²) in [5.41, 5.74) is 0. The third kappa shape index (κ3) is 2.81. The number of halogens is 1. The van der Waals surface area contributed by atoms with Crippen molar-refractivity contribution in [3.8, 4) is 6.07 Å². The van der Waals surface area contributed by atoms with Crippen LogP contribution in [-0.4, -0.2) is 6.17 Å². The van der Waals surface area contributed by atoms with Crippen LogP contribution in [0.3, 0.4) is 0 Å². The molecule has 3 fully saturated rings. The van der Waals surface area contributed by atoms with Gasteiger partial charge in [0, 0.05) is 0 Å². The molecule has 0 bridgehead atoms. The first kappa shape index (κ1) is 13.4. The second-order valence-corrected chi connectivity index (χ2v) is 7.20. The molecule has 2 heteroatoms. The smallest absolute Gasteiger partial charge is 0.116 e. The maximum absolute atomic E-state index is 14.0. The third-order valence-corrected chi connectivity index (χ3v) is 6.23. The molecule has 1 nitrogen and oxygen atoms in total. The highest BCUT2D eigenvalue weighted by Gasteiger charge is 2.39. The standard InChI is InChI=1S/C17H26FN/c18-17-10-15(7-8-16(17)11-19)14-6-5-12-3-1-2-4-13(12)9-14/h12-17H,1-10H2. The minimum absolute atomic E-state index is 0.317. The first-order chi connectivity index (χ1) is 9.28. The van der Waals surface area contributed by atoms with Crippen LogP contribution in [-0.2, 0) is 0 Å². The molecule has 106 valence electrons. The predicted molar refractivity (Wildman–Crippen MR) is 74.1 cm³/mol. The van der Waals surface area contributed by atoms with E-state index in [2.05, 4.69) is 6.07 Å². The lowest BCUT2D eigenvalue weighted by Crippen LogP contribution is -2.35. The molecule has 6 atom stereocenters. The van der Waals surface area contributed by atoms with Crippen LogP contribution in [0.2, 0.25) is 0 Å². The van der Waals surface area contributed by atoms with Crippen LogP contribution in [0.15, 0.2) is 0 Å². The summed E-state index contributed by atoms with van der Waals surface area (Å²) in [4.78, 5) is 0. The molecular weight excluding hydrogens is 237 g/mol. The Morgan fingerprint density at radius 2 is 1.32 bits per heavy atom. The van der Waals surface area contributed by atoms with Crippen molar-refractivity contribution in [1.29, 1.82) is 5.26 Å². The topological polar surface area (TPSA) is 23.8 Å². The predicted octanol–water partition coefficient (Wildman–Crippen LogP) is 4.87. The molecule has 0 aromatic carbocycles. The molecular formula is C17H26FN. The SMILES string of the molecule is N#CC1CCC(C2CCC3CCCCC3C2)CC1F. The molecule has 0 saturated heterocycles.